The third-order valence-electron chi connectivity index (χ3n) is 3.07. The van der Waals surface area contributed by atoms with Crippen LogP contribution in [-0.2, 0) is 4.74 Å². The number of hydrogen-bond acceptors (Lipinski definition) is 5. The molecule has 102 valence electrons. The summed E-state index contributed by atoms with van der Waals surface area (Å²) in [6.45, 7) is 4.86. The number of methoxy groups -OCH3 is 1. The van der Waals surface area contributed by atoms with Crippen molar-refractivity contribution in [1.82, 2.24) is 9.97 Å². The van der Waals surface area contributed by atoms with Crippen molar-refractivity contribution < 1.29 is 4.74 Å². The standard InChI is InChI=1S/C14H20N4O/c1-9(2)12(8-19-3)18-14-13(15)16-10-6-4-5-7-11(10)17-14/h4-7,9,12H,8H2,1-3H3,(H2,15,16)(H,17,18). The van der Waals surface area contributed by atoms with Crippen molar-refractivity contribution in [2.75, 3.05) is 24.8 Å². The Morgan fingerprint density at radius 3 is 2.42 bits per heavy atom. The molecule has 1 aromatic heterocycles. The van der Waals surface area contributed by atoms with E-state index < -0.39 is 0 Å². The van der Waals surface area contributed by atoms with Crippen LogP contribution in [0.4, 0.5) is 11.6 Å². The van der Waals surface area contributed by atoms with Crippen LogP contribution in [-0.4, -0.2) is 29.7 Å². The number of nitrogens with two attached hydrogens (primary N) is 1. The maximum atomic E-state index is 5.95. The Morgan fingerprint density at radius 1 is 1.21 bits per heavy atom. The summed E-state index contributed by atoms with van der Waals surface area (Å²) in [6, 6.07) is 7.84. The molecule has 1 atom stereocenters. The van der Waals surface area contributed by atoms with Crippen molar-refractivity contribution >= 4 is 22.7 Å². The summed E-state index contributed by atoms with van der Waals surface area (Å²) in [5.74, 6) is 1.45. The van der Waals surface area contributed by atoms with Gasteiger partial charge in [-0.1, -0.05) is 26.0 Å². The summed E-state index contributed by atoms with van der Waals surface area (Å²) in [5, 5.41) is 3.32. The molecule has 0 bridgehead atoms. The highest BCUT2D eigenvalue weighted by Gasteiger charge is 2.15. The maximum absolute atomic E-state index is 5.95. The van der Waals surface area contributed by atoms with Crippen LogP contribution in [0.5, 0.6) is 0 Å². The summed E-state index contributed by atoms with van der Waals surface area (Å²) < 4.78 is 5.21. The highest BCUT2D eigenvalue weighted by molar-refractivity contribution is 5.79. The van der Waals surface area contributed by atoms with Gasteiger partial charge in [0.2, 0.25) is 0 Å². The third-order valence-corrected chi connectivity index (χ3v) is 3.07. The molecule has 0 aliphatic heterocycles. The van der Waals surface area contributed by atoms with Gasteiger partial charge in [0.1, 0.15) is 0 Å². The van der Waals surface area contributed by atoms with Crippen LogP contribution < -0.4 is 11.1 Å². The monoisotopic (exact) mass is 260 g/mol. The zero-order valence-corrected chi connectivity index (χ0v) is 11.6. The second kappa shape index (κ2) is 5.84. The van der Waals surface area contributed by atoms with Crippen LogP contribution in [0.25, 0.3) is 11.0 Å². The van der Waals surface area contributed by atoms with E-state index in [1.165, 1.54) is 0 Å². The first-order chi connectivity index (χ1) is 9.11. The fraction of sp³-hybridized carbons (Fsp3) is 0.429. The third kappa shape index (κ3) is 3.12. The van der Waals surface area contributed by atoms with Gasteiger partial charge in [-0.25, -0.2) is 9.97 Å². The molecule has 0 amide bonds. The first kappa shape index (κ1) is 13.5. The van der Waals surface area contributed by atoms with Gasteiger partial charge >= 0.3 is 0 Å². The lowest BCUT2D eigenvalue weighted by Crippen LogP contribution is -2.31. The molecule has 1 unspecified atom stereocenters. The fourth-order valence-corrected chi connectivity index (χ4v) is 1.88. The lowest BCUT2D eigenvalue weighted by Gasteiger charge is -2.22. The zero-order chi connectivity index (χ0) is 13.8. The van der Waals surface area contributed by atoms with Gasteiger partial charge in [-0.2, -0.15) is 0 Å². The number of hydrogen-bond donors (Lipinski definition) is 2. The van der Waals surface area contributed by atoms with Gasteiger partial charge in [0.25, 0.3) is 0 Å². The SMILES string of the molecule is COCC(Nc1nc2ccccc2nc1N)C(C)C. The zero-order valence-electron chi connectivity index (χ0n) is 11.6. The molecule has 0 saturated carbocycles. The molecular weight excluding hydrogens is 240 g/mol. The van der Waals surface area contributed by atoms with Crippen LogP contribution >= 0.6 is 0 Å². The average molecular weight is 260 g/mol. The maximum Gasteiger partial charge on any atom is 0.169 e. The summed E-state index contributed by atoms with van der Waals surface area (Å²) in [5.41, 5.74) is 7.59. The van der Waals surface area contributed by atoms with E-state index in [0.717, 1.165) is 11.0 Å². The molecule has 0 saturated heterocycles. The Kier molecular flexibility index (Phi) is 4.16. The molecule has 5 nitrogen and oxygen atoms in total. The summed E-state index contributed by atoms with van der Waals surface area (Å²) in [6.07, 6.45) is 0. The number of benzene rings is 1. The van der Waals surface area contributed by atoms with E-state index in [1.807, 2.05) is 24.3 Å². The topological polar surface area (TPSA) is 73.1 Å². The van der Waals surface area contributed by atoms with Crippen molar-refractivity contribution in [2.24, 2.45) is 5.92 Å². The summed E-state index contributed by atoms with van der Waals surface area (Å²) in [4.78, 5) is 8.89. The van der Waals surface area contributed by atoms with Gasteiger partial charge in [0.15, 0.2) is 11.6 Å². The minimum Gasteiger partial charge on any atom is -0.383 e. The molecular formula is C14H20N4O. The predicted molar refractivity (Wildman–Crippen MR) is 78.1 cm³/mol. The number of nitrogen functional groups attached to an aromatic ring is 1. The first-order valence-electron chi connectivity index (χ1n) is 6.39. The lowest BCUT2D eigenvalue weighted by atomic mass is 10.1. The van der Waals surface area contributed by atoms with Crippen LogP contribution in [0.2, 0.25) is 0 Å². The number of rotatable bonds is 5. The predicted octanol–water partition coefficient (Wildman–Crippen LogP) is 2.29. The molecule has 1 aromatic carbocycles. The highest BCUT2D eigenvalue weighted by Crippen LogP contribution is 2.20. The number of ether oxygens (including phenoxy) is 1. The Morgan fingerprint density at radius 2 is 1.84 bits per heavy atom. The van der Waals surface area contributed by atoms with Crippen molar-refractivity contribution in [3.63, 3.8) is 0 Å². The number of anilines is 2. The fourth-order valence-electron chi connectivity index (χ4n) is 1.88. The van der Waals surface area contributed by atoms with Gasteiger partial charge < -0.3 is 15.8 Å². The molecule has 3 N–H and O–H groups in total. The van der Waals surface area contributed by atoms with Crippen LogP contribution in [0.3, 0.4) is 0 Å². The van der Waals surface area contributed by atoms with Gasteiger partial charge in [0.05, 0.1) is 23.7 Å². The highest BCUT2D eigenvalue weighted by atomic mass is 16.5. The molecule has 0 aliphatic carbocycles. The molecule has 0 fully saturated rings. The van der Waals surface area contributed by atoms with Gasteiger partial charge in [-0.3, -0.25) is 0 Å². The van der Waals surface area contributed by atoms with Crippen molar-refractivity contribution in [1.29, 1.82) is 0 Å². The molecule has 2 rings (SSSR count). The Labute approximate surface area is 113 Å². The number of nitrogens with one attached hydrogen (secondary N) is 1. The summed E-state index contributed by atoms with van der Waals surface area (Å²) >= 11 is 0. The van der Waals surface area contributed by atoms with Gasteiger partial charge in [-0.15, -0.1) is 0 Å². The largest absolute Gasteiger partial charge is 0.383 e. The molecule has 5 heteroatoms. The van der Waals surface area contributed by atoms with Crippen molar-refractivity contribution in [3.8, 4) is 0 Å². The number of para-hydroxylation sites is 2. The van der Waals surface area contributed by atoms with E-state index in [4.69, 9.17) is 10.5 Å². The Hall–Kier alpha value is -1.88. The lowest BCUT2D eigenvalue weighted by molar-refractivity contribution is 0.171. The second-order valence-corrected chi connectivity index (χ2v) is 4.90. The van der Waals surface area contributed by atoms with E-state index in [1.54, 1.807) is 7.11 Å². The van der Waals surface area contributed by atoms with Crippen LogP contribution in [0.1, 0.15) is 13.8 Å². The minimum absolute atomic E-state index is 0.155. The molecule has 0 aliphatic rings. The molecule has 19 heavy (non-hydrogen) atoms. The van der Waals surface area contributed by atoms with Gasteiger partial charge in [-0.05, 0) is 18.1 Å². The van der Waals surface area contributed by atoms with Crippen molar-refractivity contribution in [3.05, 3.63) is 24.3 Å². The van der Waals surface area contributed by atoms with Gasteiger partial charge in [0, 0.05) is 7.11 Å². The van der Waals surface area contributed by atoms with E-state index in [0.29, 0.717) is 24.2 Å². The Balaban J connectivity index is 2.31. The minimum atomic E-state index is 0.155. The van der Waals surface area contributed by atoms with E-state index in [-0.39, 0.29) is 6.04 Å². The van der Waals surface area contributed by atoms with Crippen molar-refractivity contribution in [2.45, 2.75) is 19.9 Å². The quantitative estimate of drug-likeness (QED) is 0.863. The molecule has 1 heterocycles. The normalized spacial score (nSPS) is 12.8. The van der Waals surface area contributed by atoms with E-state index in [9.17, 15) is 0 Å². The van der Waals surface area contributed by atoms with Crippen LogP contribution in [0, 0.1) is 5.92 Å². The average Bonchev–Trinajstić information content (AvgIpc) is 2.38. The van der Waals surface area contributed by atoms with E-state index in [2.05, 4.69) is 29.1 Å². The number of nitrogens with zero attached hydrogens (tertiary/aromatic N) is 2. The Bertz CT molecular complexity index is 556. The van der Waals surface area contributed by atoms with E-state index >= 15 is 0 Å². The molecule has 2 aromatic rings. The molecule has 0 radical (unpaired) electrons. The smallest absolute Gasteiger partial charge is 0.169 e. The number of aromatic nitrogens is 2. The summed E-state index contributed by atoms with van der Waals surface area (Å²) in [7, 11) is 1.69. The van der Waals surface area contributed by atoms with Crippen LogP contribution in [0.15, 0.2) is 24.3 Å². The number of fused-ring (bicyclic) bond motifs is 1. The first-order valence-corrected chi connectivity index (χ1v) is 6.39. The molecule has 0 spiro atoms. The second-order valence-electron chi connectivity index (χ2n) is 4.90.